The fourth-order valence-electron chi connectivity index (χ4n) is 4.16. The molecule has 0 bridgehead atoms. The van der Waals surface area contributed by atoms with Crippen LogP contribution in [-0.2, 0) is 19.9 Å². The van der Waals surface area contributed by atoms with E-state index in [1.165, 1.54) is 22.5 Å². The van der Waals surface area contributed by atoms with E-state index < -0.39 is 19.9 Å². The number of piperazine rings is 1. The molecule has 32 heavy (non-hydrogen) atoms. The highest BCUT2D eigenvalue weighted by Crippen LogP contribution is 2.32. The molecule has 0 aromatic heterocycles. The van der Waals surface area contributed by atoms with Crippen LogP contribution >= 0.6 is 0 Å². The number of benzene rings is 2. The van der Waals surface area contributed by atoms with E-state index in [1.807, 2.05) is 34.6 Å². The summed E-state index contributed by atoms with van der Waals surface area (Å²) in [6.45, 7) is 10.4. The maximum absolute atomic E-state index is 13.5. The molecule has 3 rings (SSSR count). The molecule has 0 spiro atoms. The van der Waals surface area contributed by atoms with Crippen LogP contribution in [0.4, 0.5) is 0 Å². The minimum absolute atomic E-state index is 0.0839. The summed E-state index contributed by atoms with van der Waals surface area (Å²) in [5.74, 6) is -0.304. The van der Waals surface area contributed by atoms with Crippen molar-refractivity contribution in [2.45, 2.75) is 44.4 Å². The molecule has 1 aliphatic heterocycles. The Bertz CT molecular complexity index is 1260. The SMILES string of the molecule is Cc1c(C)c(C)c(S(=O)(=O)N2CCN(C(=O)c3cccc(S(C)(=O)=O)c3)CC2)c(C)c1C. The summed E-state index contributed by atoms with van der Waals surface area (Å²) in [6, 6.07) is 5.93. The quantitative estimate of drug-likeness (QED) is 0.674. The summed E-state index contributed by atoms with van der Waals surface area (Å²) in [6.07, 6.45) is 1.10. The van der Waals surface area contributed by atoms with Gasteiger partial charge in [0.1, 0.15) is 0 Å². The normalized spacial score (nSPS) is 15.8. The van der Waals surface area contributed by atoms with Crippen LogP contribution in [0.3, 0.4) is 0 Å². The largest absolute Gasteiger partial charge is 0.336 e. The van der Waals surface area contributed by atoms with Crippen molar-refractivity contribution in [3.05, 3.63) is 57.6 Å². The number of sulfone groups is 1. The molecule has 1 aliphatic rings. The number of sulfonamides is 1. The van der Waals surface area contributed by atoms with E-state index in [0.29, 0.717) is 4.90 Å². The van der Waals surface area contributed by atoms with Crippen LogP contribution in [0.15, 0.2) is 34.1 Å². The molecule has 2 aromatic rings. The van der Waals surface area contributed by atoms with Crippen molar-refractivity contribution in [2.75, 3.05) is 32.4 Å². The highest BCUT2D eigenvalue weighted by molar-refractivity contribution is 7.90. The van der Waals surface area contributed by atoms with Gasteiger partial charge in [-0.2, -0.15) is 4.31 Å². The Labute approximate surface area is 191 Å². The molecular formula is C23H30N2O5S2. The zero-order chi connectivity index (χ0) is 24.0. The summed E-state index contributed by atoms with van der Waals surface area (Å²) in [4.78, 5) is 14.9. The first-order valence-electron chi connectivity index (χ1n) is 10.4. The summed E-state index contributed by atoms with van der Waals surface area (Å²) >= 11 is 0. The molecule has 0 atom stereocenters. The molecule has 1 saturated heterocycles. The third kappa shape index (κ3) is 4.33. The zero-order valence-electron chi connectivity index (χ0n) is 19.4. The molecule has 0 radical (unpaired) electrons. The number of hydrogen-bond donors (Lipinski definition) is 0. The number of hydrogen-bond acceptors (Lipinski definition) is 5. The van der Waals surface area contributed by atoms with Crippen LogP contribution in [0.5, 0.6) is 0 Å². The Hall–Kier alpha value is -2.23. The van der Waals surface area contributed by atoms with Crippen LogP contribution < -0.4 is 0 Å². The number of amides is 1. The lowest BCUT2D eigenvalue weighted by Gasteiger charge is -2.35. The van der Waals surface area contributed by atoms with Crippen LogP contribution in [0, 0.1) is 34.6 Å². The number of nitrogens with zero attached hydrogens (tertiary/aromatic N) is 2. The lowest BCUT2D eigenvalue weighted by molar-refractivity contribution is 0.0697. The first-order chi connectivity index (χ1) is 14.8. The second-order valence-corrected chi connectivity index (χ2v) is 12.3. The van der Waals surface area contributed by atoms with Gasteiger partial charge in [-0.25, -0.2) is 16.8 Å². The van der Waals surface area contributed by atoms with E-state index in [4.69, 9.17) is 0 Å². The molecule has 7 nitrogen and oxygen atoms in total. The average Bonchev–Trinajstić information content (AvgIpc) is 2.75. The smallest absolute Gasteiger partial charge is 0.253 e. The third-order valence-corrected chi connectivity index (χ3v) is 9.85. The highest BCUT2D eigenvalue weighted by Gasteiger charge is 2.33. The number of rotatable bonds is 4. The molecule has 0 aliphatic carbocycles. The van der Waals surface area contributed by atoms with Crippen molar-refractivity contribution in [3.8, 4) is 0 Å². The Morgan fingerprint density at radius 1 is 0.781 bits per heavy atom. The van der Waals surface area contributed by atoms with Gasteiger partial charge in [0.15, 0.2) is 9.84 Å². The average molecular weight is 479 g/mol. The van der Waals surface area contributed by atoms with Crippen molar-refractivity contribution >= 4 is 25.8 Å². The van der Waals surface area contributed by atoms with E-state index in [2.05, 4.69) is 0 Å². The van der Waals surface area contributed by atoms with E-state index in [1.54, 1.807) is 11.0 Å². The summed E-state index contributed by atoms with van der Waals surface area (Å²) < 4.78 is 52.0. The van der Waals surface area contributed by atoms with Gasteiger partial charge in [-0.1, -0.05) is 6.07 Å². The summed E-state index contributed by atoms with van der Waals surface area (Å²) in [5, 5.41) is 0. The second-order valence-electron chi connectivity index (χ2n) is 8.45. The minimum Gasteiger partial charge on any atom is -0.336 e. The Balaban J connectivity index is 1.83. The van der Waals surface area contributed by atoms with Gasteiger partial charge in [0.25, 0.3) is 5.91 Å². The highest BCUT2D eigenvalue weighted by atomic mass is 32.2. The topological polar surface area (TPSA) is 91.8 Å². The van der Waals surface area contributed by atoms with E-state index in [-0.39, 0.29) is 42.5 Å². The van der Waals surface area contributed by atoms with Crippen molar-refractivity contribution in [3.63, 3.8) is 0 Å². The maximum atomic E-state index is 13.5. The minimum atomic E-state index is -3.71. The van der Waals surface area contributed by atoms with E-state index in [0.717, 1.165) is 34.1 Å². The molecule has 1 amide bonds. The molecular weight excluding hydrogens is 448 g/mol. The van der Waals surface area contributed by atoms with Gasteiger partial charge in [-0.05, 0) is 80.6 Å². The van der Waals surface area contributed by atoms with Crippen molar-refractivity contribution < 1.29 is 21.6 Å². The van der Waals surface area contributed by atoms with Crippen LogP contribution in [0.2, 0.25) is 0 Å². The molecule has 9 heteroatoms. The zero-order valence-corrected chi connectivity index (χ0v) is 21.0. The predicted molar refractivity (Wildman–Crippen MR) is 124 cm³/mol. The van der Waals surface area contributed by atoms with Crippen molar-refractivity contribution in [1.29, 1.82) is 0 Å². The predicted octanol–water partition coefficient (Wildman–Crippen LogP) is 2.78. The number of carbonyl (C=O) groups excluding carboxylic acids is 1. The lowest BCUT2D eigenvalue weighted by Crippen LogP contribution is -2.50. The molecule has 2 aromatic carbocycles. The Morgan fingerprint density at radius 3 is 1.78 bits per heavy atom. The monoisotopic (exact) mass is 478 g/mol. The first-order valence-corrected chi connectivity index (χ1v) is 13.8. The first kappa shape index (κ1) is 24.4. The van der Waals surface area contributed by atoms with Crippen molar-refractivity contribution in [2.24, 2.45) is 0 Å². The van der Waals surface area contributed by atoms with E-state index >= 15 is 0 Å². The van der Waals surface area contributed by atoms with Gasteiger partial charge < -0.3 is 4.90 Å². The van der Waals surface area contributed by atoms with Crippen LogP contribution in [-0.4, -0.2) is 64.4 Å². The lowest BCUT2D eigenvalue weighted by atomic mass is 9.95. The second kappa shape index (κ2) is 8.61. The molecule has 174 valence electrons. The third-order valence-electron chi connectivity index (χ3n) is 6.56. The van der Waals surface area contributed by atoms with Crippen LogP contribution in [0.1, 0.15) is 38.2 Å². The van der Waals surface area contributed by atoms with E-state index in [9.17, 15) is 21.6 Å². The van der Waals surface area contributed by atoms with Crippen molar-refractivity contribution in [1.82, 2.24) is 9.21 Å². The molecule has 0 unspecified atom stereocenters. The molecule has 0 N–H and O–H groups in total. The summed E-state index contributed by atoms with van der Waals surface area (Å²) in [5.41, 5.74) is 4.87. The van der Waals surface area contributed by atoms with Gasteiger partial charge in [-0.15, -0.1) is 0 Å². The number of carbonyl (C=O) groups is 1. The maximum Gasteiger partial charge on any atom is 0.253 e. The van der Waals surface area contributed by atoms with Gasteiger partial charge in [-0.3, -0.25) is 4.79 Å². The standard InChI is InChI=1S/C23H30N2O5S2/c1-15-16(2)18(4)22(19(5)17(15)3)32(29,30)25-12-10-24(11-13-25)23(26)20-8-7-9-21(14-20)31(6,27)28/h7-9,14H,10-13H2,1-6H3. The van der Waals surface area contributed by atoms with Gasteiger partial charge in [0, 0.05) is 38.0 Å². The Morgan fingerprint density at radius 2 is 1.28 bits per heavy atom. The Kier molecular flexibility index (Phi) is 6.57. The molecule has 0 saturated carbocycles. The molecule has 1 fully saturated rings. The van der Waals surface area contributed by atoms with Gasteiger partial charge in [0.05, 0.1) is 9.79 Å². The fraction of sp³-hybridized carbons (Fsp3) is 0.435. The summed E-state index contributed by atoms with van der Waals surface area (Å²) in [7, 11) is -7.13. The van der Waals surface area contributed by atoms with Gasteiger partial charge >= 0.3 is 0 Å². The molecule has 1 heterocycles. The van der Waals surface area contributed by atoms with Crippen LogP contribution in [0.25, 0.3) is 0 Å². The van der Waals surface area contributed by atoms with Gasteiger partial charge in [0.2, 0.25) is 10.0 Å². The fourth-order valence-corrected chi connectivity index (χ4v) is 6.80.